The van der Waals surface area contributed by atoms with Crippen LogP contribution in [0.5, 0.6) is 0 Å². The molecular weight excluding hydrogens is 438 g/mol. The fourth-order valence-corrected chi connectivity index (χ4v) is 4.39. The van der Waals surface area contributed by atoms with Crippen LogP contribution in [0, 0.1) is 0 Å². The van der Waals surface area contributed by atoms with E-state index in [-0.39, 0.29) is 11.9 Å². The van der Waals surface area contributed by atoms with Crippen molar-refractivity contribution < 1.29 is 4.79 Å². The highest BCUT2D eigenvalue weighted by molar-refractivity contribution is 9.10. The summed E-state index contributed by atoms with van der Waals surface area (Å²) in [4.78, 5) is 15.3. The average Bonchev–Trinajstić information content (AvgIpc) is 3.33. The zero-order chi connectivity index (χ0) is 20.5. The number of hydrogen-bond acceptors (Lipinski definition) is 2. The zero-order valence-electron chi connectivity index (χ0n) is 16.3. The fraction of sp³-hybridized carbons (Fsp3) is 0.120. The number of aromatic nitrogens is 2. The van der Waals surface area contributed by atoms with Crippen molar-refractivity contribution in [2.75, 3.05) is 6.54 Å². The Labute approximate surface area is 183 Å². The number of hydrogen-bond donors (Lipinski definition) is 1. The molecule has 1 aliphatic rings. The summed E-state index contributed by atoms with van der Waals surface area (Å²) in [6.07, 6.45) is 0.804. The van der Waals surface area contributed by atoms with Gasteiger partial charge in [-0.05, 0) is 29.7 Å². The first kappa shape index (κ1) is 18.8. The van der Waals surface area contributed by atoms with Crippen molar-refractivity contribution in [3.8, 4) is 11.3 Å². The lowest BCUT2D eigenvalue weighted by Crippen LogP contribution is -2.31. The van der Waals surface area contributed by atoms with Gasteiger partial charge in [-0.2, -0.15) is 5.10 Å². The standard InChI is InChI=1S/C25H20BrN3O/c26-20-13-11-19(12-14-20)24-21-22(18-9-5-2-6-10-18)27-28-23(21)25(30)29(24)16-15-17-7-3-1-4-8-17/h1-14,24H,15-16H2,(H,27,28). The maximum Gasteiger partial charge on any atom is 0.273 e. The maximum atomic E-state index is 13.4. The predicted molar refractivity (Wildman–Crippen MR) is 121 cm³/mol. The molecule has 4 aromatic rings. The lowest BCUT2D eigenvalue weighted by Gasteiger charge is -2.26. The SMILES string of the molecule is O=C1c2[nH]nc(-c3ccccc3)c2C(c2ccc(Br)cc2)N1CCc1ccccc1. The van der Waals surface area contributed by atoms with Gasteiger partial charge in [-0.25, -0.2) is 0 Å². The third-order valence-electron chi connectivity index (χ3n) is 5.58. The topological polar surface area (TPSA) is 49.0 Å². The van der Waals surface area contributed by atoms with Crippen molar-refractivity contribution in [1.29, 1.82) is 0 Å². The molecule has 30 heavy (non-hydrogen) atoms. The van der Waals surface area contributed by atoms with Crippen LogP contribution in [0.4, 0.5) is 0 Å². The van der Waals surface area contributed by atoms with E-state index in [1.54, 1.807) is 0 Å². The molecule has 148 valence electrons. The number of fused-ring (bicyclic) bond motifs is 1. The highest BCUT2D eigenvalue weighted by Gasteiger charge is 2.41. The van der Waals surface area contributed by atoms with Crippen LogP contribution in [0.25, 0.3) is 11.3 Å². The van der Waals surface area contributed by atoms with Gasteiger partial charge in [0.15, 0.2) is 0 Å². The van der Waals surface area contributed by atoms with Crippen molar-refractivity contribution in [2.45, 2.75) is 12.5 Å². The molecule has 1 amide bonds. The van der Waals surface area contributed by atoms with E-state index in [2.05, 4.69) is 50.4 Å². The molecule has 5 rings (SSSR count). The van der Waals surface area contributed by atoms with Crippen LogP contribution in [-0.2, 0) is 6.42 Å². The minimum absolute atomic E-state index is 0.00327. The normalized spacial score (nSPS) is 15.4. The van der Waals surface area contributed by atoms with Crippen LogP contribution in [0.3, 0.4) is 0 Å². The Bertz CT molecular complexity index is 1170. The molecule has 1 aliphatic heterocycles. The second-order valence-electron chi connectivity index (χ2n) is 7.42. The molecule has 0 saturated carbocycles. The zero-order valence-corrected chi connectivity index (χ0v) is 17.8. The van der Waals surface area contributed by atoms with Gasteiger partial charge < -0.3 is 4.90 Å². The summed E-state index contributed by atoms with van der Waals surface area (Å²) in [7, 11) is 0. The van der Waals surface area contributed by atoms with Crippen LogP contribution in [0.1, 0.15) is 33.2 Å². The molecule has 0 spiro atoms. The number of rotatable bonds is 5. The van der Waals surface area contributed by atoms with E-state index in [9.17, 15) is 4.79 Å². The number of benzene rings is 3. The summed E-state index contributed by atoms with van der Waals surface area (Å²) in [5.41, 5.74) is 5.70. The van der Waals surface area contributed by atoms with Gasteiger partial charge in [-0.1, -0.05) is 88.7 Å². The van der Waals surface area contributed by atoms with Crippen LogP contribution in [0.15, 0.2) is 89.4 Å². The lowest BCUT2D eigenvalue weighted by atomic mass is 9.96. The van der Waals surface area contributed by atoms with Crippen LogP contribution in [-0.4, -0.2) is 27.5 Å². The summed E-state index contributed by atoms with van der Waals surface area (Å²) < 4.78 is 1.02. The molecule has 1 aromatic heterocycles. The summed E-state index contributed by atoms with van der Waals surface area (Å²) in [5.74, 6) is 0.00327. The number of aromatic amines is 1. The quantitative estimate of drug-likeness (QED) is 0.422. The van der Waals surface area contributed by atoms with Gasteiger partial charge in [0, 0.05) is 22.1 Å². The van der Waals surface area contributed by atoms with Crippen molar-refractivity contribution in [2.24, 2.45) is 0 Å². The Morgan fingerprint density at radius 2 is 1.57 bits per heavy atom. The first-order chi connectivity index (χ1) is 14.7. The smallest absolute Gasteiger partial charge is 0.273 e. The van der Waals surface area contributed by atoms with Crippen LogP contribution < -0.4 is 0 Å². The second kappa shape index (κ2) is 7.92. The molecular formula is C25H20BrN3O. The number of carbonyl (C=O) groups is 1. The Kier molecular flexibility index (Phi) is 4.97. The molecule has 0 saturated heterocycles. The Balaban J connectivity index is 1.57. The summed E-state index contributed by atoms with van der Waals surface area (Å²) in [6.45, 7) is 0.639. The van der Waals surface area contributed by atoms with E-state index in [4.69, 9.17) is 0 Å². The number of nitrogens with one attached hydrogen (secondary N) is 1. The molecule has 3 aromatic carbocycles. The van der Waals surface area contributed by atoms with Gasteiger partial charge in [0.1, 0.15) is 5.69 Å². The van der Waals surface area contributed by atoms with Gasteiger partial charge >= 0.3 is 0 Å². The van der Waals surface area contributed by atoms with E-state index in [1.807, 2.05) is 65.6 Å². The summed E-state index contributed by atoms with van der Waals surface area (Å²) >= 11 is 3.52. The van der Waals surface area contributed by atoms with Gasteiger partial charge in [0.25, 0.3) is 5.91 Å². The molecule has 0 aliphatic carbocycles. The molecule has 4 nitrogen and oxygen atoms in total. The number of H-pyrrole nitrogens is 1. The molecule has 0 radical (unpaired) electrons. The van der Waals surface area contributed by atoms with E-state index >= 15 is 0 Å². The Hall–Kier alpha value is -3.18. The third-order valence-corrected chi connectivity index (χ3v) is 6.11. The van der Waals surface area contributed by atoms with Crippen molar-refractivity contribution >= 4 is 21.8 Å². The van der Waals surface area contributed by atoms with Crippen molar-refractivity contribution in [1.82, 2.24) is 15.1 Å². The molecule has 2 heterocycles. The van der Waals surface area contributed by atoms with Gasteiger partial charge in [-0.3, -0.25) is 9.89 Å². The maximum absolute atomic E-state index is 13.4. The highest BCUT2D eigenvalue weighted by Crippen LogP contribution is 2.42. The monoisotopic (exact) mass is 457 g/mol. The number of carbonyl (C=O) groups excluding carboxylic acids is 1. The highest BCUT2D eigenvalue weighted by atomic mass is 79.9. The summed E-state index contributed by atoms with van der Waals surface area (Å²) in [6, 6.07) is 28.4. The Morgan fingerprint density at radius 3 is 2.27 bits per heavy atom. The van der Waals surface area contributed by atoms with Crippen molar-refractivity contribution in [3.05, 3.63) is 112 Å². The third kappa shape index (κ3) is 3.35. The molecule has 0 fully saturated rings. The van der Waals surface area contributed by atoms with Crippen molar-refractivity contribution in [3.63, 3.8) is 0 Å². The average molecular weight is 458 g/mol. The van der Waals surface area contributed by atoms with E-state index in [1.165, 1.54) is 5.56 Å². The fourth-order valence-electron chi connectivity index (χ4n) is 4.13. The molecule has 1 unspecified atom stereocenters. The molecule has 1 N–H and O–H groups in total. The number of halogens is 1. The first-order valence-corrected chi connectivity index (χ1v) is 10.8. The minimum atomic E-state index is -0.168. The van der Waals surface area contributed by atoms with E-state index < -0.39 is 0 Å². The first-order valence-electron chi connectivity index (χ1n) is 9.96. The van der Waals surface area contributed by atoms with E-state index in [0.29, 0.717) is 12.2 Å². The number of nitrogens with zero attached hydrogens (tertiary/aromatic N) is 2. The lowest BCUT2D eigenvalue weighted by molar-refractivity contribution is 0.0746. The van der Waals surface area contributed by atoms with Crippen LogP contribution in [0.2, 0.25) is 0 Å². The second-order valence-corrected chi connectivity index (χ2v) is 8.33. The molecule has 0 bridgehead atoms. The molecule has 1 atom stereocenters. The largest absolute Gasteiger partial charge is 0.326 e. The Morgan fingerprint density at radius 1 is 0.900 bits per heavy atom. The molecule has 5 heteroatoms. The predicted octanol–water partition coefficient (Wildman–Crippen LogP) is 5.63. The van der Waals surface area contributed by atoms with Gasteiger partial charge in [0.05, 0.1) is 11.7 Å². The summed E-state index contributed by atoms with van der Waals surface area (Å²) in [5, 5.41) is 7.55. The van der Waals surface area contributed by atoms with Gasteiger partial charge in [-0.15, -0.1) is 0 Å². The van der Waals surface area contributed by atoms with Gasteiger partial charge in [0.2, 0.25) is 0 Å². The minimum Gasteiger partial charge on any atom is -0.326 e. The van der Waals surface area contributed by atoms with Crippen LogP contribution >= 0.6 is 15.9 Å². The number of amides is 1. The van der Waals surface area contributed by atoms with E-state index in [0.717, 1.165) is 33.3 Å².